The molecule has 4 aromatic rings. The highest BCUT2D eigenvalue weighted by Crippen LogP contribution is 2.37. The van der Waals surface area contributed by atoms with Crippen molar-refractivity contribution < 1.29 is 19.1 Å². The Morgan fingerprint density at radius 2 is 1.10 bits per heavy atom. The van der Waals surface area contributed by atoms with Gasteiger partial charge in [-0.05, 0) is 159 Å². The topological polar surface area (TPSA) is 165 Å². The fourth-order valence-electron chi connectivity index (χ4n) is 8.37. The number of hydrogen-bond acceptors (Lipinski definition) is 9. The van der Waals surface area contributed by atoms with Crippen LogP contribution in [-0.4, -0.2) is 64.6 Å². The average Bonchev–Trinajstić information content (AvgIpc) is 3.79. The Kier molecular flexibility index (Phi) is 16.8. The summed E-state index contributed by atoms with van der Waals surface area (Å²) in [5.41, 5.74) is 12.6. The van der Waals surface area contributed by atoms with Crippen LogP contribution < -0.4 is 27.1 Å². The number of likely N-dealkylation sites (tertiary alicyclic amines) is 1. The molecule has 6 heterocycles. The van der Waals surface area contributed by atoms with Crippen LogP contribution in [-0.2, 0) is 17.8 Å². The Morgan fingerprint density at radius 1 is 0.683 bits per heavy atom. The maximum Gasteiger partial charge on any atom is 0.410 e. The molecule has 14 heteroatoms. The molecule has 12 nitrogen and oxygen atoms in total. The number of rotatable bonds is 10. The summed E-state index contributed by atoms with van der Waals surface area (Å²) in [6, 6.07) is 3.83. The van der Waals surface area contributed by atoms with E-state index in [1.807, 2.05) is 85.2 Å². The number of pyridine rings is 2. The van der Waals surface area contributed by atoms with E-state index in [9.17, 15) is 24.0 Å². The quantitative estimate of drug-likeness (QED) is 0.106. The number of piperidine rings is 2. The summed E-state index contributed by atoms with van der Waals surface area (Å²) in [5, 5.41) is 13.1. The van der Waals surface area contributed by atoms with Crippen LogP contribution in [0.1, 0.15) is 148 Å². The summed E-state index contributed by atoms with van der Waals surface area (Å²) < 4.78 is 5.52. The van der Waals surface area contributed by atoms with Crippen LogP contribution in [0.15, 0.2) is 43.6 Å². The van der Waals surface area contributed by atoms with Crippen molar-refractivity contribution in [2.75, 3.05) is 26.2 Å². The highest BCUT2D eigenvalue weighted by atomic mass is 32.1. The number of thiophene rings is 2. The fraction of sp³-hybridized carbons (Fsp3) is 0.490. The van der Waals surface area contributed by atoms with Gasteiger partial charge in [-0.2, -0.15) is 0 Å². The highest BCUT2D eigenvalue weighted by molar-refractivity contribution is 7.12. The maximum absolute atomic E-state index is 13.0. The number of carbonyl (C=O) groups excluding carboxylic acids is 3. The standard InChI is InChI=1S/C27H37N3O4S.C22H29N3O2S/c1-8-20(19-9-11-30(12-10-19)26(33)34-27(5,6)7)23-18(4)22(15-35-23)24(31)28-14-21-16(2)13-17(3)29-25(21)32;1-5-17(16-6-8-23-9-7-16)20-15(4)19(12-28-20)21(26)24-11-18-13(2)10-14(3)25-22(18)27/h13,15H,8-12,14H2,1-7H3,(H,28,31)(H,29,32);10,12,23H,5-9,11H2,1-4H3,(H,24,26)(H,25,27). The van der Waals surface area contributed by atoms with E-state index < -0.39 is 5.60 Å². The molecule has 0 unspecified atom stereocenters. The van der Waals surface area contributed by atoms with Gasteiger partial charge < -0.3 is 35.6 Å². The Hall–Kier alpha value is -5.05. The predicted octanol–water partition coefficient (Wildman–Crippen LogP) is 9.32. The SMILES string of the molecule is CCC(=C1CCN(C(=O)OC(C)(C)C)CC1)c1scc(C(=O)NCc2c(C)cc(C)[nH]c2=O)c1C.CCC(=C1CCNCC1)c1scc(C(=O)NCc2c(C)cc(C)[nH]c2=O)c1C. The molecular weight excluding hydrogens is 833 g/mol. The second-order valence-electron chi connectivity index (χ2n) is 17.5. The molecule has 0 aliphatic carbocycles. The monoisotopic (exact) mass is 898 g/mol. The zero-order valence-electron chi connectivity index (χ0n) is 39.0. The first kappa shape index (κ1) is 49.0. The van der Waals surface area contributed by atoms with E-state index in [0.29, 0.717) is 35.3 Å². The molecule has 2 aliphatic rings. The predicted molar refractivity (Wildman–Crippen MR) is 257 cm³/mol. The van der Waals surface area contributed by atoms with E-state index in [1.165, 1.54) is 27.2 Å². The summed E-state index contributed by atoms with van der Waals surface area (Å²) >= 11 is 3.24. The van der Waals surface area contributed by atoms with Crippen molar-refractivity contribution in [1.29, 1.82) is 0 Å². The van der Waals surface area contributed by atoms with E-state index >= 15 is 0 Å². The van der Waals surface area contributed by atoms with Crippen molar-refractivity contribution in [3.8, 4) is 0 Å². The molecule has 0 spiro atoms. The molecule has 0 radical (unpaired) electrons. The Morgan fingerprint density at radius 3 is 1.48 bits per heavy atom. The van der Waals surface area contributed by atoms with Gasteiger partial charge in [-0.25, -0.2) is 4.79 Å². The smallest absolute Gasteiger partial charge is 0.410 e. The average molecular weight is 899 g/mol. The summed E-state index contributed by atoms with van der Waals surface area (Å²) in [4.78, 5) is 72.3. The number of H-pyrrole nitrogens is 2. The molecule has 6 rings (SSSR count). The number of nitrogens with one attached hydrogen (secondary N) is 5. The molecule has 5 N–H and O–H groups in total. The second-order valence-corrected chi connectivity index (χ2v) is 19.3. The third-order valence-corrected chi connectivity index (χ3v) is 14.0. The Bertz CT molecular complexity index is 2490. The molecule has 63 heavy (non-hydrogen) atoms. The first-order valence-electron chi connectivity index (χ1n) is 22.1. The van der Waals surface area contributed by atoms with Gasteiger partial charge in [0.2, 0.25) is 0 Å². The van der Waals surface area contributed by atoms with Crippen molar-refractivity contribution in [3.05, 3.63) is 120 Å². The maximum atomic E-state index is 13.0. The van der Waals surface area contributed by atoms with Gasteiger partial charge >= 0.3 is 6.09 Å². The molecule has 2 fully saturated rings. The number of aromatic nitrogens is 2. The number of ether oxygens (including phenoxy) is 1. The number of aryl methyl sites for hydroxylation is 4. The summed E-state index contributed by atoms with van der Waals surface area (Å²) in [6.45, 7) is 25.2. The third kappa shape index (κ3) is 12.4. The molecular formula is C49H66N6O6S2. The molecule has 0 bridgehead atoms. The van der Waals surface area contributed by atoms with E-state index in [-0.39, 0.29) is 42.1 Å². The lowest BCUT2D eigenvalue weighted by atomic mass is 9.93. The Labute approximate surface area is 380 Å². The third-order valence-electron chi connectivity index (χ3n) is 11.7. The van der Waals surface area contributed by atoms with Gasteiger partial charge in [-0.1, -0.05) is 25.0 Å². The first-order valence-corrected chi connectivity index (χ1v) is 23.8. The van der Waals surface area contributed by atoms with E-state index in [4.69, 9.17) is 4.74 Å². The number of amides is 3. The number of carbonyl (C=O) groups is 3. The minimum atomic E-state index is -0.501. The van der Waals surface area contributed by atoms with Crippen molar-refractivity contribution in [1.82, 2.24) is 30.8 Å². The van der Waals surface area contributed by atoms with Crippen LogP contribution in [0.25, 0.3) is 11.1 Å². The number of allylic oxidation sites excluding steroid dienone is 2. The van der Waals surface area contributed by atoms with Crippen LogP contribution in [0.3, 0.4) is 0 Å². The Balaban J connectivity index is 0.000000243. The van der Waals surface area contributed by atoms with Gasteiger partial charge in [0.1, 0.15) is 5.60 Å². The van der Waals surface area contributed by atoms with Crippen molar-refractivity contribution in [2.24, 2.45) is 0 Å². The van der Waals surface area contributed by atoms with Crippen LogP contribution >= 0.6 is 22.7 Å². The largest absolute Gasteiger partial charge is 0.444 e. The van der Waals surface area contributed by atoms with E-state index in [0.717, 1.165) is 90.1 Å². The van der Waals surface area contributed by atoms with Crippen LogP contribution in [0.5, 0.6) is 0 Å². The lowest BCUT2D eigenvalue weighted by Gasteiger charge is -2.32. The zero-order chi connectivity index (χ0) is 46.2. The summed E-state index contributed by atoms with van der Waals surface area (Å²) in [5.74, 6) is -0.297. The zero-order valence-corrected chi connectivity index (χ0v) is 40.6. The molecule has 0 aromatic carbocycles. The van der Waals surface area contributed by atoms with Crippen molar-refractivity contribution >= 4 is 51.7 Å². The normalized spacial score (nSPS) is 14.2. The molecule has 0 atom stereocenters. The number of nitrogens with zero attached hydrogens (tertiary/aromatic N) is 1. The van der Waals surface area contributed by atoms with Crippen molar-refractivity contribution in [3.63, 3.8) is 0 Å². The molecule has 340 valence electrons. The summed E-state index contributed by atoms with van der Waals surface area (Å²) in [7, 11) is 0. The van der Waals surface area contributed by atoms with Gasteiger partial charge in [0.25, 0.3) is 22.9 Å². The van der Waals surface area contributed by atoms with Crippen LogP contribution in [0.2, 0.25) is 0 Å². The fourth-order valence-corrected chi connectivity index (χ4v) is 10.8. The second kappa shape index (κ2) is 21.6. The van der Waals surface area contributed by atoms with Gasteiger partial charge in [0, 0.05) is 69.2 Å². The van der Waals surface area contributed by atoms with Crippen molar-refractivity contribution in [2.45, 2.75) is 133 Å². The molecule has 4 aromatic heterocycles. The number of aromatic amines is 2. The lowest BCUT2D eigenvalue weighted by molar-refractivity contribution is 0.0236. The van der Waals surface area contributed by atoms with Gasteiger partial charge in [-0.15, -0.1) is 22.7 Å². The molecule has 2 saturated heterocycles. The van der Waals surface area contributed by atoms with E-state index in [1.54, 1.807) is 27.6 Å². The molecule has 0 saturated carbocycles. The van der Waals surface area contributed by atoms with Gasteiger partial charge in [-0.3, -0.25) is 19.2 Å². The minimum Gasteiger partial charge on any atom is -0.444 e. The number of hydrogen-bond donors (Lipinski definition) is 5. The highest BCUT2D eigenvalue weighted by Gasteiger charge is 2.27. The lowest BCUT2D eigenvalue weighted by Crippen LogP contribution is -2.40. The molecule has 2 aliphatic heterocycles. The van der Waals surface area contributed by atoms with Crippen LogP contribution in [0.4, 0.5) is 4.79 Å². The molecule has 3 amide bonds. The summed E-state index contributed by atoms with van der Waals surface area (Å²) in [6.07, 6.45) is 5.35. The van der Waals surface area contributed by atoms with Gasteiger partial charge in [0.15, 0.2) is 0 Å². The minimum absolute atomic E-state index is 0.120. The van der Waals surface area contributed by atoms with Crippen LogP contribution in [0, 0.1) is 41.5 Å². The first-order chi connectivity index (χ1) is 29.8. The van der Waals surface area contributed by atoms with Gasteiger partial charge in [0.05, 0.1) is 11.1 Å². The van der Waals surface area contributed by atoms with E-state index in [2.05, 4.69) is 39.8 Å².